The summed E-state index contributed by atoms with van der Waals surface area (Å²) >= 11 is 0. The third-order valence-electron chi connectivity index (χ3n) is 3.43. The average Bonchev–Trinajstić information content (AvgIpc) is 2.50. The van der Waals surface area contributed by atoms with Crippen molar-refractivity contribution in [3.05, 3.63) is 0 Å². The van der Waals surface area contributed by atoms with Crippen molar-refractivity contribution in [3.8, 4) is 0 Å². The Labute approximate surface area is 73.3 Å². The molecule has 2 bridgehead atoms. The maximum absolute atomic E-state index is 11.3. The van der Waals surface area contributed by atoms with Crippen molar-refractivity contribution in [2.75, 3.05) is 6.61 Å². The van der Waals surface area contributed by atoms with Gasteiger partial charge < -0.3 is 4.74 Å². The van der Waals surface area contributed by atoms with Gasteiger partial charge in [0.1, 0.15) is 0 Å². The van der Waals surface area contributed by atoms with E-state index in [-0.39, 0.29) is 11.9 Å². The minimum atomic E-state index is 0.0281. The Kier molecular flexibility index (Phi) is 2.07. The third-order valence-corrected chi connectivity index (χ3v) is 3.43. The molecule has 68 valence electrons. The molecule has 0 radical (unpaired) electrons. The van der Waals surface area contributed by atoms with E-state index in [0.29, 0.717) is 12.5 Å². The zero-order valence-electron chi connectivity index (χ0n) is 7.58. The van der Waals surface area contributed by atoms with Crippen molar-refractivity contribution in [1.29, 1.82) is 0 Å². The fourth-order valence-corrected chi connectivity index (χ4v) is 2.48. The van der Waals surface area contributed by atoms with E-state index in [9.17, 15) is 4.79 Å². The standard InChI is InChI=1S/C10H16O2/c1-7-9-3-2-8(6-9)4-5-12-10(7)11/h7-9H,2-6H2,1H3. The van der Waals surface area contributed by atoms with Crippen LogP contribution in [-0.2, 0) is 9.53 Å². The molecule has 12 heavy (non-hydrogen) atoms. The Hall–Kier alpha value is -0.530. The highest BCUT2D eigenvalue weighted by Crippen LogP contribution is 2.39. The number of carbonyl (C=O) groups is 1. The molecule has 3 atom stereocenters. The molecular weight excluding hydrogens is 152 g/mol. The third kappa shape index (κ3) is 1.35. The molecule has 2 nitrogen and oxygen atoms in total. The Bertz CT molecular complexity index is 188. The van der Waals surface area contributed by atoms with Gasteiger partial charge in [-0.05, 0) is 31.1 Å². The van der Waals surface area contributed by atoms with Crippen LogP contribution in [-0.4, -0.2) is 12.6 Å². The minimum Gasteiger partial charge on any atom is -0.465 e. The SMILES string of the molecule is CC1C(=O)OCCC2CCC1C2. The van der Waals surface area contributed by atoms with Crippen LogP contribution >= 0.6 is 0 Å². The van der Waals surface area contributed by atoms with Crippen LogP contribution in [0.3, 0.4) is 0 Å². The van der Waals surface area contributed by atoms with Gasteiger partial charge in [-0.15, -0.1) is 0 Å². The summed E-state index contributed by atoms with van der Waals surface area (Å²) in [6, 6.07) is 0. The molecular formula is C10H16O2. The first-order valence-electron chi connectivity index (χ1n) is 4.94. The van der Waals surface area contributed by atoms with Crippen LogP contribution in [0.15, 0.2) is 0 Å². The summed E-state index contributed by atoms with van der Waals surface area (Å²) in [5, 5.41) is 0. The first-order chi connectivity index (χ1) is 5.77. The van der Waals surface area contributed by atoms with E-state index < -0.39 is 0 Å². The Morgan fingerprint density at radius 2 is 2.17 bits per heavy atom. The summed E-state index contributed by atoms with van der Waals surface area (Å²) in [5.41, 5.74) is 0. The second kappa shape index (κ2) is 3.08. The first-order valence-corrected chi connectivity index (χ1v) is 4.94. The molecule has 1 saturated carbocycles. The van der Waals surface area contributed by atoms with E-state index in [4.69, 9.17) is 4.74 Å². The van der Waals surface area contributed by atoms with Gasteiger partial charge in [-0.2, -0.15) is 0 Å². The molecule has 0 aromatic rings. The van der Waals surface area contributed by atoms with Gasteiger partial charge in [-0.25, -0.2) is 0 Å². The summed E-state index contributed by atoms with van der Waals surface area (Å²) < 4.78 is 5.14. The second-order valence-corrected chi connectivity index (χ2v) is 4.18. The predicted molar refractivity (Wildman–Crippen MR) is 45.6 cm³/mol. The van der Waals surface area contributed by atoms with Gasteiger partial charge in [-0.1, -0.05) is 13.3 Å². The lowest BCUT2D eigenvalue weighted by Crippen LogP contribution is -2.24. The van der Waals surface area contributed by atoms with Crippen molar-refractivity contribution in [2.45, 2.75) is 32.6 Å². The zero-order valence-corrected chi connectivity index (χ0v) is 7.58. The molecule has 2 heteroatoms. The molecule has 2 fully saturated rings. The number of carbonyl (C=O) groups excluding carboxylic acids is 1. The highest BCUT2D eigenvalue weighted by molar-refractivity contribution is 5.72. The quantitative estimate of drug-likeness (QED) is 0.517. The molecule has 1 aliphatic heterocycles. The predicted octanol–water partition coefficient (Wildman–Crippen LogP) is 1.99. The number of rotatable bonds is 0. The molecule has 1 aliphatic carbocycles. The summed E-state index contributed by atoms with van der Waals surface area (Å²) in [6.45, 7) is 2.67. The van der Waals surface area contributed by atoms with E-state index in [1.54, 1.807) is 0 Å². The highest BCUT2D eigenvalue weighted by atomic mass is 16.5. The van der Waals surface area contributed by atoms with Gasteiger partial charge in [-0.3, -0.25) is 4.79 Å². The molecule has 0 N–H and O–H groups in total. The lowest BCUT2D eigenvalue weighted by atomic mass is 9.90. The van der Waals surface area contributed by atoms with Gasteiger partial charge in [0.15, 0.2) is 0 Å². The zero-order chi connectivity index (χ0) is 8.55. The van der Waals surface area contributed by atoms with Crippen molar-refractivity contribution in [1.82, 2.24) is 0 Å². The average molecular weight is 168 g/mol. The van der Waals surface area contributed by atoms with Crippen molar-refractivity contribution in [3.63, 3.8) is 0 Å². The lowest BCUT2D eigenvalue weighted by molar-refractivity contribution is -0.151. The Morgan fingerprint density at radius 3 is 3.00 bits per heavy atom. The molecule has 0 amide bonds. The summed E-state index contributed by atoms with van der Waals surface area (Å²) in [7, 11) is 0. The fourth-order valence-electron chi connectivity index (χ4n) is 2.48. The largest absolute Gasteiger partial charge is 0.465 e. The van der Waals surface area contributed by atoms with Crippen LogP contribution in [0.25, 0.3) is 0 Å². The van der Waals surface area contributed by atoms with Crippen molar-refractivity contribution >= 4 is 5.97 Å². The Balaban J connectivity index is 2.08. The first kappa shape index (κ1) is 8.09. The van der Waals surface area contributed by atoms with E-state index in [0.717, 1.165) is 12.3 Å². The number of hydrogen-bond acceptors (Lipinski definition) is 2. The number of esters is 1. The second-order valence-electron chi connectivity index (χ2n) is 4.18. The fraction of sp³-hybridized carbons (Fsp3) is 0.900. The van der Waals surface area contributed by atoms with Gasteiger partial charge in [0.25, 0.3) is 0 Å². The smallest absolute Gasteiger partial charge is 0.308 e. The number of cyclic esters (lactones) is 1. The molecule has 1 heterocycles. The van der Waals surface area contributed by atoms with Gasteiger partial charge in [0.05, 0.1) is 12.5 Å². The van der Waals surface area contributed by atoms with Crippen LogP contribution in [0.2, 0.25) is 0 Å². The van der Waals surface area contributed by atoms with E-state index in [2.05, 4.69) is 0 Å². The van der Waals surface area contributed by atoms with Crippen LogP contribution in [0.5, 0.6) is 0 Å². The molecule has 3 unspecified atom stereocenters. The van der Waals surface area contributed by atoms with Crippen LogP contribution in [0.1, 0.15) is 32.6 Å². The monoisotopic (exact) mass is 168 g/mol. The minimum absolute atomic E-state index is 0.0281. The van der Waals surface area contributed by atoms with Gasteiger partial charge >= 0.3 is 5.97 Å². The van der Waals surface area contributed by atoms with Crippen LogP contribution in [0, 0.1) is 17.8 Å². The topological polar surface area (TPSA) is 26.3 Å². The summed E-state index contributed by atoms with van der Waals surface area (Å²) in [4.78, 5) is 11.3. The van der Waals surface area contributed by atoms with Crippen LogP contribution < -0.4 is 0 Å². The summed E-state index contributed by atoms with van der Waals surface area (Å²) in [6.07, 6.45) is 4.90. The molecule has 2 rings (SSSR count). The van der Waals surface area contributed by atoms with E-state index in [1.165, 1.54) is 19.3 Å². The lowest BCUT2D eigenvalue weighted by Gasteiger charge is -2.21. The highest BCUT2D eigenvalue weighted by Gasteiger charge is 2.34. The maximum atomic E-state index is 11.3. The number of fused-ring (bicyclic) bond motifs is 2. The molecule has 1 saturated heterocycles. The number of hydrogen-bond donors (Lipinski definition) is 0. The van der Waals surface area contributed by atoms with E-state index >= 15 is 0 Å². The number of ether oxygens (including phenoxy) is 1. The van der Waals surface area contributed by atoms with Gasteiger partial charge in [0, 0.05) is 0 Å². The molecule has 0 aromatic heterocycles. The normalized spacial score (nSPS) is 41.8. The van der Waals surface area contributed by atoms with Crippen molar-refractivity contribution < 1.29 is 9.53 Å². The van der Waals surface area contributed by atoms with Gasteiger partial charge in [0.2, 0.25) is 0 Å². The molecule has 2 aliphatic rings. The summed E-state index contributed by atoms with van der Waals surface area (Å²) in [5.74, 6) is 1.63. The Morgan fingerprint density at radius 1 is 1.33 bits per heavy atom. The van der Waals surface area contributed by atoms with E-state index in [1.807, 2.05) is 6.92 Å². The molecule has 0 aromatic carbocycles. The van der Waals surface area contributed by atoms with Crippen LogP contribution in [0.4, 0.5) is 0 Å². The maximum Gasteiger partial charge on any atom is 0.308 e. The molecule has 0 spiro atoms. The van der Waals surface area contributed by atoms with Crippen molar-refractivity contribution in [2.24, 2.45) is 17.8 Å².